The van der Waals surface area contributed by atoms with Crippen molar-refractivity contribution < 1.29 is 87.3 Å². The lowest BCUT2D eigenvalue weighted by Gasteiger charge is -2.63. The molecule has 0 aromatic rings. The first-order chi connectivity index (χ1) is 52.3. The van der Waals surface area contributed by atoms with Crippen molar-refractivity contribution in [2.75, 3.05) is 198 Å². The smallest absolute Gasteiger partial charge is 0.381 e. The maximum atomic E-state index is 8.45. The fraction of sp³-hybridized carbons (Fsp3) is 1.00. The highest BCUT2D eigenvalue weighted by Gasteiger charge is 2.83. The minimum atomic E-state index is -4.31. The van der Waals surface area contributed by atoms with Crippen molar-refractivity contribution in [3.8, 4) is 0 Å². The molecule has 0 saturated carbocycles. The molecule has 0 aromatic heterocycles. The summed E-state index contributed by atoms with van der Waals surface area (Å²) in [5.41, 5.74) is 0. The number of thioether (sulfide) groups is 8. The van der Waals surface area contributed by atoms with Gasteiger partial charge in [-0.1, -0.05) is 111 Å². The van der Waals surface area contributed by atoms with Crippen LogP contribution < -0.4 is 0 Å². The second-order valence-electron chi connectivity index (χ2n) is 32.3. The van der Waals surface area contributed by atoms with Crippen LogP contribution in [-0.2, 0) is 87.3 Å². The zero-order chi connectivity index (χ0) is 79.1. The summed E-state index contributed by atoms with van der Waals surface area (Å²) < 4.78 is 151. The Balaban J connectivity index is 1.81. The van der Waals surface area contributed by atoms with Crippen molar-refractivity contribution in [3.05, 3.63) is 0 Å². The lowest BCUT2D eigenvalue weighted by Crippen LogP contribution is -2.88. The molecule has 6 aliphatic heterocycles. The third-order valence-corrected chi connectivity index (χ3v) is 65.1. The zero-order valence-electron chi connectivity index (χ0n) is 70.7. The van der Waals surface area contributed by atoms with Crippen molar-refractivity contribution in [3.63, 3.8) is 0 Å². The van der Waals surface area contributed by atoms with Crippen LogP contribution in [0.1, 0.15) is 169 Å². The zero-order valence-corrected chi connectivity index (χ0v) is 85.2. The van der Waals surface area contributed by atoms with Gasteiger partial charge >= 0.3 is 70.4 Å². The molecule has 0 atom stereocenters. The van der Waals surface area contributed by atoms with Crippen molar-refractivity contribution in [1.82, 2.24) is 0 Å². The van der Waals surface area contributed by atoms with Gasteiger partial charge in [-0.3, -0.25) is 0 Å². The molecule has 0 N–H and O–H groups in total. The predicted octanol–water partition coefficient (Wildman–Crippen LogP) is 18.5. The summed E-state index contributed by atoms with van der Waals surface area (Å²) in [5, 5.41) is 0. The van der Waals surface area contributed by atoms with Gasteiger partial charge in [0.15, 0.2) is 0 Å². The van der Waals surface area contributed by atoms with E-state index in [0.29, 0.717) is 195 Å². The summed E-state index contributed by atoms with van der Waals surface area (Å²) in [4.78, 5) is 0. The molecule has 6 rings (SSSR count). The average molecular weight is 1830 g/mol. The summed E-state index contributed by atoms with van der Waals surface area (Å²) >= 11 is 14.7. The van der Waals surface area contributed by atoms with Gasteiger partial charge in [0.2, 0.25) is 0 Å². The van der Waals surface area contributed by atoms with Crippen molar-refractivity contribution >= 4 is 165 Å². The summed E-state index contributed by atoms with van der Waals surface area (Å²) in [7, 11) is -34.4. The van der Waals surface area contributed by atoms with E-state index in [9.17, 15) is 0 Å². The van der Waals surface area contributed by atoms with Gasteiger partial charge in [-0.25, -0.2) is 0 Å². The first kappa shape index (κ1) is 103. The lowest BCUT2D eigenvalue weighted by atomic mass is 10.1. The Labute approximate surface area is 707 Å². The van der Waals surface area contributed by atoms with Crippen molar-refractivity contribution in [2.45, 2.75) is 217 Å². The molecule has 6 saturated heterocycles. The SMILES string of the molecule is CC(C)CCOCCSCCC[Si]12O[Si]3(CCSCCOCCC(C)C)O[Si]4(CCSCCOCCC(C)C)O[Si](CCSCCOCCC(C)C)(O1)O[Si]1(CCSCCOCCC(C)C)O[Si](CCSCCOCCC(C)C)(O2)O[Si](CCSCCOCCC(C)C)(O3)O[Si](CCSCCOCCC(C)C)(O4)O1. The molecule has 8 bridgehead atoms. The average Bonchev–Trinajstić information content (AvgIpc) is 0.687. The number of rotatable bonds is 73. The maximum absolute atomic E-state index is 8.45. The van der Waals surface area contributed by atoms with Gasteiger partial charge in [0.1, 0.15) is 0 Å². The van der Waals surface area contributed by atoms with Gasteiger partial charge in [0.25, 0.3) is 0 Å². The van der Waals surface area contributed by atoms with Crippen molar-refractivity contribution in [2.24, 2.45) is 47.3 Å². The molecule has 0 aromatic carbocycles. The predicted molar refractivity (Wildman–Crippen MR) is 483 cm³/mol. The molecular weight excluding hydrogens is 1680 g/mol. The molecule has 6 heterocycles. The topological polar surface area (TPSA) is 185 Å². The van der Waals surface area contributed by atoms with E-state index in [1.54, 1.807) is 0 Å². The van der Waals surface area contributed by atoms with Crippen LogP contribution >= 0.6 is 94.1 Å². The fourth-order valence-corrected chi connectivity index (χ4v) is 72.8. The van der Waals surface area contributed by atoms with E-state index in [1.165, 1.54) is 0 Å². The van der Waals surface area contributed by atoms with Crippen LogP contribution in [0.4, 0.5) is 0 Å². The Morgan fingerprint density at radius 2 is 0.294 bits per heavy atom. The molecule has 0 amide bonds. The number of hydrogen-bond donors (Lipinski definition) is 0. The summed E-state index contributed by atoms with van der Waals surface area (Å²) in [6.07, 6.45) is 8.81. The molecule has 0 spiro atoms. The fourth-order valence-electron chi connectivity index (χ4n) is 11.5. The minimum Gasteiger partial charge on any atom is -0.381 e. The van der Waals surface area contributed by atoms with E-state index in [1.807, 2.05) is 94.1 Å². The molecule has 6 aliphatic rings. The van der Waals surface area contributed by atoms with E-state index in [2.05, 4.69) is 111 Å². The van der Waals surface area contributed by atoms with Crippen LogP contribution in [0, 0.1) is 47.3 Å². The highest BCUT2D eigenvalue weighted by molar-refractivity contribution is 8.00. The van der Waals surface area contributed by atoms with E-state index in [0.717, 1.165) is 156 Å². The summed E-state index contributed by atoms with van der Waals surface area (Å²) in [6.45, 7) is 46.7. The maximum Gasteiger partial charge on any atom is 0.479 e. The standard InChI is InChI=1S/C73H154O20S8Si8/c1-66(2)18-26-74-34-43-94-42-17-58-102-82-103(59-51-95-44-35-75-27-19-67(3)4)85-106(62-54-98-47-38-78-30-22-70(9)10)87-104(83-102,60-52-96-45-36-76-28-20-68(5)6)89-108(64-56-100-49-40-80-32-24-72(13)14)90-105(84-102,61-53-97-46-37-77-29-21-69(7)8)88-107(86-103,63-55-99-48-39-79-31-23-71(11)12)92-109(91-106,93-108)65-57-101-50-41-81-33-25-73(15)16/h66-73H,17-65H2,1-16H3. The Kier molecular flexibility index (Phi) is 55.7. The molecule has 109 heavy (non-hydrogen) atoms. The Morgan fingerprint density at radius 3 is 0.431 bits per heavy atom. The second-order valence-corrected chi connectivity index (χ2v) is 66.8. The highest BCUT2D eigenvalue weighted by atomic mass is 32.2. The Bertz CT molecular complexity index is 1990. The Morgan fingerprint density at radius 1 is 0.165 bits per heavy atom. The van der Waals surface area contributed by atoms with E-state index < -0.39 is 70.4 Å². The minimum absolute atomic E-state index is 0.393. The van der Waals surface area contributed by atoms with Gasteiger partial charge in [0, 0.05) is 147 Å². The third kappa shape index (κ3) is 45.1. The van der Waals surface area contributed by atoms with Crippen LogP contribution in [0.15, 0.2) is 0 Å². The van der Waals surface area contributed by atoms with Crippen molar-refractivity contribution in [1.29, 1.82) is 0 Å². The molecule has 20 nitrogen and oxygen atoms in total. The van der Waals surface area contributed by atoms with E-state index >= 15 is 0 Å². The number of hydrogen-bond acceptors (Lipinski definition) is 28. The van der Waals surface area contributed by atoms with Gasteiger partial charge in [-0.2, -0.15) is 94.1 Å². The lowest BCUT2D eigenvalue weighted by molar-refractivity contribution is -0.0283. The highest BCUT2D eigenvalue weighted by Crippen LogP contribution is 2.55. The molecule has 36 heteroatoms. The van der Waals surface area contributed by atoms with Crippen LogP contribution in [0.5, 0.6) is 0 Å². The third-order valence-electron chi connectivity index (χ3n) is 18.1. The van der Waals surface area contributed by atoms with Gasteiger partial charge in [-0.15, -0.1) is 0 Å². The first-order valence-electron chi connectivity index (χ1n) is 42.0. The van der Waals surface area contributed by atoms with Crippen LogP contribution in [-0.4, -0.2) is 268 Å². The van der Waals surface area contributed by atoms with E-state index in [4.69, 9.17) is 87.3 Å². The van der Waals surface area contributed by atoms with E-state index in [-0.39, 0.29) is 0 Å². The molecule has 646 valence electrons. The largest absolute Gasteiger partial charge is 0.479 e. The van der Waals surface area contributed by atoms with Crippen LogP contribution in [0.2, 0.25) is 48.4 Å². The molecule has 0 radical (unpaired) electrons. The van der Waals surface area contributed by atoms with Gasteiger partial charge in [-0.05, 0) is 151 Å². The second kappa shape index (κ2) is 58.7. The monoisotopic (exact) mass is 1830 g/mol. The molecule has 0 aliphatic carbocycles. The summed E-state index contributed by atoms with van der Waals surface area (Å²) in [6, 6.07) is 3.19. The molecule has 6 fully saturated rings. The Hall–Kier alpha value is 3.74. The first-order valence-corrected chi connectivity index (χ1v) is 66.7. The van der Waals surface area contributed by atoms with Gasteiger partial charge in [0.05, 0.1) is 52.9 Å². The van der Waals surface area contributed by atoms with Crippen LogP contribution in [0.3, 0.4) is 0 Å². The van der Waals surface area contributed by atoms with Gasteiger partial charge < -0.3 is 87.3 Å². The van der Waals surface area contributed by atoms with Crippen LogP contribution in [0.25, 0.3) is 0 Å². The molecular formula is C73H154O20S8Si8. The number of ether oxygens (including phenoxy) is 8. The molecule has 0 unspecified atom stereocenters. The normalized spacial score (nSPS) is 26.3. The quantitative estimate of drug-likeness (QED) is 0.0413. The summed E-state index contributed by atoms with van der Waals surface area (Å²) in [5.74, 6) is 16.0.